The smallest absolute Gasteiger partial charge is 0.264 e. The molecule has 6 heteroatoms. The van der Waals surface area contributed by atoms with Crippen LogP contribution in [0.4, 0.5) is 0 Å². The monoisotopic (exact) mass is 386 g/mol. The third kappa shape index (κ3) is 4.69. The number of hydrogen-bond acceptors (Lipinski definition) is 4. The maximum Gasteiger partial charge on any atom is 0.264 e. The Morgan fingerprint density at radius 1 is 1.19 bits per heavy atom. The van der Waals surface area contributed by atoms with E-state index in [0.717, 1.165) is 29.7 Å². The molecule has 1 atom stereocenters. The van der Waals surface area contributed by atoms with Crippen LogP contribution in [0.5, 0.6) is 5.75 Å². The zero-order valence-electron chi connectivity index (χ0n) is 15.9. The fourth-order valence-corrected chi connectivity index (χ4v) is 4.14. The van der Waals surface area contributed by atoms with E-state index in [9.17, 15) is 9.59 Å². The number of thiophene rings is 1. The first-order valence-electron chi connectivity index (χ1n) is 9.39. The number of hydrogen-bond donors (Lipinski definition) is 1. The van der Waals surface area contributed by atoms with Gasteiger partial charge in [-0.1, -0.05) is 24.3 Å². The summed E-state index contributed by atoms with van der Waals surface area (Å²) in [7, 11) is 0. The van der Waals surface area contributed by atoms with Gasteiger partial charge in [-0.15, -0.1) is 11.3 Å². The number of amides is 2. The molecule has 27 heavy (non-hydrogen) atoms. The summed E-state index contributed by atoms with van der Waals surface area (Å²) in [5, 5.41) is 4.82. The summed E-state index contributed by atoms with van der Waals surface area (Å²) in [6.07, 6.45) is 2.61. The fourth-order valence-electron chi connectivity index (χ4n) is 3.46. The second-order valence-electron chi connectivity index (χ2n) is 6.85. The summed E-state index contributed by atoms with van der Waals surface area (Å²) < 4.78 is 5.84. The first-order valence-corrected chi connectivity index (χ1v) is 10.3. The second-order valence-corrected chi connectivity index (χ2v) is 7.80. The first-order chi connectivity index (χ1) is 13.1. The van der Waals surface area contributed by atoms with Crippen LogP contribution in [0.15, 0.2) is 35.7 Å². The van der Waals surface area contributed by atoms with Gasteiger partial charge in [-0.25, -0.2) is 0 Å². The van der Waals surface area contributed by atoms with Gasteiger partial charge in [0.25, 0.3) is 5.91 Å². The highest BCUT2D eigenvalue weighted by Crippen LogP contribution is 2.23. The lowest BCUT2D eigenvalue weighted by Gasteiger charge is -2.34. The average Bonchev–Trinajstić information content (AvgIpc) is 3.21. The molecule has 1 aliphatic rings. The number of benzene rings is 1. The predicted molar refractivity (Wildman–Crippen MR) is 107 cm³/mol. The Kier molecular flexibility index (Phi) is 6.50. The van der Waals surface area contributed by atoms with Gasteiger partial charge in [-0.3, -0.25) is 9.59 Å². The van der Waals surface area contributed by atoms with Crippen LogP contribution in [0, 0.1) is 13.8 Å². The highest BCUT2D eigenvalue weighted by molar-refractivity contribution is 7.12. The van der Waals surface area contributed by atoms with Crippen molar-refractivity contribution in [2.45, 2.75) is 39.2 Å². The molecule has 5 nitrogen and oxygen atoms in total. The van der Waals surface area contributed by atoms with Crippen molar-refractivity contribution in [1.82, 2.24) is 10.2 Å². The number of ether oxygens (including phenoxy) is 1. The van der Waals surface area contributed by atoms with Crippen LogP contribution in [0.3, 0.4) is 0 Å². The molecule has 0 radical (unpaired) electrons. The minimum Gasteiger partial charge on any atom is -0.491 e. The van der Waals surface area contributed by atoms with E-state index in [0.29, 0.717) is 31.0 Å². The van der Waals surface area contributed by atoms with Crippen molar-refractivity contribution in [3.05, 3.63) is 51.7 Å². The Labute approximate surface area is 164 Å². The second kappa shape index (κ2) is 9.04. The lowest BCUT2D eigenvalue weighted by Crippen LogP contribution is -2.52. The molecule has 144 valence electrons. The minimum atomic E-state index is -0.395. The Morgan fingerprint density at radius 2 is 1.96 bits per heavy atom. The van der Waals surface area contributed by atoms with Crippen molar-refractivity contribution in [3.8, 4) is 5.75 Å². The largest absolute Gasteiger partial charge is 0.491 e. The van der Waals surface area contributed by atoms with Crippen molar-refractivity contribution < 1.29 is 14.3 Å². The van der Waals surface area contributed by atoms with Gasteiger partial charge < -0.3 is 15.0 Å². The molecular weight excluding hydrogens is 360 g/mol. The Bertz CT molecular complexity index is 768. The van der Waals surface area contributed by atoms with Crippen LogP contribution in [0.2, 0.25) is 0 Å². The summed E-state index contributed by atoms with van der Waals surface area (Å²) in [6, 6.07) is 9.31. The molecule has 1 aromatic heterocycles. The van der Waals surface area contributed by atoms with E-state index in [1.54, 1.807) is 4.90 Å². The van der Waals surface area contributed by atoms with Gasteiger partial charge in [0.15, 0.2) is 0 Å². The molecule has 1 aromatic carbocycles. The molecule has 1 saturated heterocycles. The zero-order valence-corrected chi connectivity index (χ0v) is 16.7. The third-order valence-electron chi connectivity index (χ3n) is 4.85. The number of rotatable bonds is 6. The van der Waals surface area contributed by atoms with E-state index in [1.165, 1.54) is 11.3 Å². The number of carbonyl (C=O) groups excluding carboxylic acids is 2. The molecule has 1 aliphatic heterocycles. The maximum absolute atomic E-state index is 12.7. The van der Waals surface area contributed by atoms with Gasteiger partial charge in [0.05, 0.1) is 11.4 Å². The molecule has 1 unspecified atom stereocenters. The number of nitrogens with one attached hydrogen (secondary N) is 1. The lowest BCUT2D eigenvalue weighted by atomic mass is 10.0. The first kappa shape index (κ1) is 19.4. The van der Waals surface area contributed by atoms with E-state index >= 15 is 0 Å². The van der Waals surface area contributed by atoms with Gasteiger partial charge in [0.1, 0.15) is 18.4 Å². The van der Waals surface area contributed by atoms with Crippen molar-refractivity contribution >= 4 is 23.2 Å². The van der Waals surface area contributed by atoms with E-state index in [-0.39, 0.29) is 11.8 Å². The summed E-state index contributed by atoms with van der Waals surface area (Å²) >= 11 is 1.42. The Balaban J connectivity index is 1.54. The van der Waals surface area contributed by atoms with Crippen molar-refractivity contribution in [1.29, 1.82) is 0 Å². The number of para-hydroxylation sites is 1. The van der Waals surface area contributed by atoms with Crippen molar-refractivity contribution in [3.63, 3.8) is 0 Å². The Hall–Kier alpha value is -2.34. The number of aryl methyl sites for hydroxylation is 2. The van der Waals surface area contributed by atoms with Gasteiger partial charge in [0.2, 0.25) is 5.91 Å². The predicted octanol–water partition coefficient (Wildman–Crippen LogP) is 3.55. The van der Waals surface area contributed by atoms with Crippen molar-refractivity contribution in [2.24, 2.45) is 0 Å². The SMILES string of the molecule is Cc1cccc(C)c1OCCNC(=O)C1CCCCN1C(=O)c1cccs1. The number of piperidine rings is 1. The molecule has 2 aromatic rings. The molecule has 0 spiro atoms. The molecule has 0 bridgehead atoms. The standard InChI is InChI=1S/C21H26N2O3S/c1-15-7-5-8-16(2)19(15)26-13-11-22-20(24)17-9-3-4-12-23(17)21(25)18-10-6-14-27-18/h5-8,10,14,17H,3-4,9,11-13H2,1-2H3,(H,22,24). The van der Waals surface area contributed by atoms with Crippen LogP contribution in [0.25, 0.3) is 0 Å². The summed E-state index contributed by atoms with van der Waals surface area (Å²) in [6.45, 7) is 5.48. The molecule has 2 heterocycles. The number of nitrogens with zero attached hydrogens (tertiary/aromatic N) is 1. The van der Waals surface area contributed by atoms with E-state index < -0.39 is 6.04 Å². The summed E-state index contributed by atoms with van der Waals surface area (Å²) in [5.41, 5.74) is 2.17. The van der Waals surface area contributed by atoms with Crippen LogP contribution in [0.1, 0.15) is 40.1 Å². The Morgan fingerprint density at radius 3 is 2.67 bits per heavy atom. The van der Waals surface area contributed by atoms with Crippen molar-refractivity contribution in [2.75, 3.05) is 19.7 Å². The highest BCUT2D eigenvalue weighted by Gasteiger charge is 2.32. The molecule has 3 rings (SSSR count). The fraction of sp³-hybridized carbons (Fsp3) is 0.429. The normalized spacial score (nSPS) is 16.8. The van der Waals surface area contributed by atoms with E-state index in [2.05, 4.69) is 5.32 Å². The molecule has 2 amide bonds. The van der Waals surface area contributed by atoms with Crippen LogP contribution < -0.4 is 10.1 Å². The number of carbonyl (C=O) groups is 2. The maximum atomic E-state index is 12.7. The molecule has 1 N–H and O–H groups in total. The molecule has 1 fully saturated rings. The molecule has 0 aliphatic carbocycles. The lowest BCUT2D eigenvalue weighted by molar-refractivity contribution is -0.126. The molecular formula is C21H26N2O3S. The van der Waals surface area contributed by atoms with Gasteiger partial charge >= 0.3 is 0 Å². The minimum absolute atomic E-state index is 0.0448. The summed E-state index contributed by atoms with van der Waals surface area (Å²) in [5.74, 6) is 0.736. The van der Waals surface area contributed by atoms with Crippen LogP contribution in [-0.2, 0) is 4.79 Å². The highest BCUT2D eigenvalue weighted by atomic mass is 32.1. The van der Waals surface area contributed by atoms with Gasteiger partial charge in [-0.2, -0.15) is 0 Å². The van der Waals surface area contributed by atoms with Crippen LogP contribution >= 0.6 is 11.3 Å². The molecule has 0 saturated carbocycles. The third-order valence-corrected chi connectivity index (χ3v) is 5.71. The van der Waals surface area contributed by atoms with Crippen LogP contribution in [-0.4, -0.2) is 42.5 Å². The number of likely N-dealkylation sites (tertiary alicyclic amines) is 1. The zero-order chi connectivity index (χ0) is 19.2. The topological polar surface area (TPSA) is 58.6 Å². The van der Waals surface area contributed by atoms with Gasteiger partial charge in [-0.05, 0) is 55.7 Å². The average molecular weight is 387 g/mol. The quantitative estimate of drug-likeness (QED) is 0.773. The van der Waals surface area contributed by atoms with E-state index in [1.807, 2.05) is 49.6 Å². The van der Waals surface area contributed by atoms with E-state index in [4.69, 9.17) is 4.74 Å². The van der Waals surface area contributed by atoms with Gasteiger partial charge in [0, 0.05) is 6.54 Å². The summed E-state index contributed by atoms with van der Waals surface area (Å²) in [4.78, 5) is 27.8.